The quantitative estimate of drug-likeness (QED) is 0.391. The maximum Gasteiger partial charge on any atom is 0.297 e. The summed E-state index contributed by atoms with van der Waals surface area (Å²) in [5, 5.41) is 23.2. The van der Waals surface area contributed by atoms with Crippen LogP contribution in [0.2, 0.25) is 5.02 Å². The van der Waals surface area contributed by atoms with Gasteiger partial charge in [0.1, 0.15) is 0 Å². The Balaban J connectivity index is 2.10. The molecule has 0 saturated carbocycles. The van der Waals surface area contributed by atoms with E-state index < -0.39 is 16.4 Å². The molecule has 0 saturated heterocycles. The minimum Gasteiger partial charge on any atom is -0.867 e. The molecule has 0 unspecified atom stereocenters. The molecule has 3 rings (SSSR count). The van der Waals surface area contributed by atoms with Gasteiger partial charge in [-0.1, -0.05) is 29.8 Å². The summed E-state index contributed by atoms with van der Waals surface area (Å²) in [6.45, 7) is 1.71. The summed E-state index contributed by atoms with van der Waals surface area (Å²) in [4.78, 5) is 27.1. The first kappa shape index (κ1) is 18.4. The maximum atomic E-state index is 12.8. The molecule has 0 atom stereocenters. The molecule has 3 aromatic rings. The number of nitrogens with zero attached hydrogens (tertiary/aromatic N) is 4. The monoisotopic (exact) mass is 385 g/mol. The minimum absolute atomic E-state index is 0.0363. The van der Waals surface area contributed by atoms with E-state index in [-0.39, 0.29) is 21.8 Å². The number of aromatic nitrogens is 2. The molecule has 0 bridgehead atoms. The van der Waals surface area contributed by atoms with E-state index in [1.807, 2.05) is 18.2 Å². The number of nitro benzene ring substituents is 1. The van der Waals surface area contributed by atoms with Gasteiger partial charge in [-0.3, -0.25) is 19.6 Å². The minimum atomic E-state index is -0.815. The molecule has 9 heteroatoms. The number of hydrogen-bond donors (Lipinski definition) is 0. The lowest BCUT2D eigenvalue weighted by Gasteiger charge is -2.10. The third-order valence-corrected chi connectivity index (χ3v) is 4.33. The van der Waals surface area contributed by atoms with Crippen molar-refractivity contribution in [1.82, 2.24) is 9.36 Å². The smallest absolute Gasteiger partial charge is 0.297 e. The standard InChI is InChI=1S/C18H15ClN4O4/c1-11-16(18(25)22(21(11)2)14-6-4-3-5-7-14)20-10-12-8-13(19)9-15(17(12)24)23(26)27/h3-10,24H,1-2H3/p-1. The largest absolute Gasteiger partial charge is 0.867 e. The van der Waals surface area contributed by atoms with E-state index in [4.69, 9.17) is 11.6 Å². The second-order valence-electron chi connectivity index (χ2n) is 5.77. The summed E-state index contributed by atoms with van der Waals surface area (Å²) in [5.41, 5.74) is 0.282. The molecule has 27 heavy (non-hydrogen) atoms. The van der Waals surface area contributed by atoms with Gasteiger partial charge in [0, 0.05) is 24.4 Å². The Labute approximate surface area is 158 Å². The second kappa shape index (κ2) is 7.08. The van der Waals surface area contributed by atoms with E-state index in [1.54, 1.807) is 30.8 Å². The summed E-state index contributed by atoms with van der Waals surface area (Å²) >= 11 is 5.84. The Morgan fingerprint density at radius 2 is 1.89 bits per heavy atom. The fourth-order valence-corrected chi connectivity index (χ4v) is 2.89. The van der Waals surface area contributed by atoms with Crippen LogP contribution >= 0.6 is 11.6 Å². The first-order chi connectivity index (χ1) is 12.8. The van der Waals surface area contributed by atoms with Crippen LogP contribution in [0.25, 0.3) is 5.69 Å². The van der Waals surface area contributed by atoms with Gasteiger partial charge in [-0.25, -0.2) is 9.67 Å². The van der Waals surface area contributed by atoms with E-state index in [2.05, 4.69) is 4.99 Å². The highest BCUT2D eigenvalue weighted by Gasteiger charge is 2.16. The first-order valence-electron chi connectivity index (χ1n) is 7.84. The van der Waals surface area contributed by atoms with Crippen LogP contribution in [0, 0.1) is 17.0 Å². The van der Waals surface area contributed by atoms with Gasteiger partial charge in [0.05, 0.1) is 16.3 Å². The molecule has 1 heterocycles. The van der Waals surface area contributed by atoms with E-state index in [9.17, 15) is 20.0 Å². The zero-order chi connectivity index (χ0) is 19.7. The Hall–Kier alpha value is -3.39. The van der Waals surface area contributed by atoms with Gasteiger partial charge in [0.25, 0.3) is 11.2 Å². The highest BCUT2D eigenvalue weighted by molar-refractivity contribution is 6.31. The van der Waals surface area contributed by atoms with Crippen molar-refractivity contribution in [1.29, 1.82) is 0 Å². The summed E-state index contributed by atoms with van der Waals surface area (Å²) in [7, 11) is 1.71. The van der Waals surface area contributed by atoms with Crippen LogP contribution < -0.4 is 10.7 Å². The Morgan fingerprint density at radius 1 is 1.22 bits per heavy atom. The summed E-state index contributed by atoms with van der Waals surface area (Å²) in [6.07, 6.45) is 1.13. The average Bonchev–Trinajstić information content (AvgIpc) is 2.85. The summed E-state index contributed by atoms with van der Waals surface area (Å²) < 4.78 is 3.09. The van der Waals surface area contributed by atoms with Crippen molar-refractivity contribution in [3.05, 3.63) is 79.2 Å². The fraction of sp³-hybridized carbons (Fsp3) is 0.111. The number of aliphatic imine (C=N–C) groups is 1. The number of benzene rings is 2. The van der Waals surface area contributed by atoms with Crippen LogP contribution in [0.3, 0.4) is 0 Å². The predicted octanol–water partition coefficient (Wildman–Crippen LogP) is 2.87. The van der Waals surface area contributed by atoms with Gasteiger partial charge >= 0.3 is 0 Å². The molecule has 0 aliphatic heterocycles. The average molecular weight is 386 g/mol. The van der Waals surface area contributed by atoms with Crippen molar-refractivity contribution in [2.75, 3.05) is 0 Å². The molecule has 0 amide bonds. The lowest BCUT2D eigenvalue weighted by atomic mass is 10.2. The fourth-order valence-electron chi connectivity index (χ4n) is 2.67. The van der Waals surface area contributed by atoms with Gasteiger partial charge in [-0.2, -0.15) is 0 Å². The second-order valence-corrected chi connectivity index (χ2v) is 6.21. The van der Waals surface area contributed by atoms with Gasteiger partial charge in [0.15, 0.2) is 5.69 Å². The summed E-state index contributed by atoms with van der Waals surface area (Å²) in [5.74, 6) is -0.815. The number of hydrogen-bond acceptors (Lipinski definition) is 5. The first-order valence-corrected chi connectivity index (χ1v) is 8.22. The van der Waals surface area contributed by atoms with E-state index in [0.29, 0.717) is 11.4 Å². The number of para-hydroxylation sites is 1. The maximum absolute atomic E-state index is 12.8. The van der Waals surface area contributed by atoms with Gasteiger partial charge in [0.2, 0.25) is 0 Å². The lowest BCUT2D eigenvalue weighted by Crippen LogP contribution is -2.19. The highest BCUT2D eigenvalue weighted by atomic mass is 35.5. The van der Waals surface area contributed by atoms with Crippen molar-refractivity contribution in [3.63, 3.8) is 0 Å². The third kappa shape index (κ3) is 3.34. The van der Waals surface area contributed by atoms with Crippen molar-refractivity contribution in [3.8, 4) is 11.4 Å². The molecule has 0 N–H and O–H groups in total. The molecule has 0 aliphatic carbocycles. The van der Waals surface area contributed by atoms with E-state index in [0.717, 1.165) is 12.3 Å². The number of nitro groups is 1. The van der Waals surface area contributed by atoms with E-state index in [1.165, 1.54) is 10.7 Å². The van der Waals surface area contributed by atoms with Gasteiger partial charge in [-0.05, 0) is 36.4 Å². The molecule has 138 valence electrons. The molecular weight excluding hydrogens is 372 g/mol. The topological polar surface area (TPSA) is 105 Å². The van der Waals surface area contributed by atoms with Gasteiger partial charge in [-0.15, -0.1) is 0 Å². The Bertz CT molecular complexity index is 1120. The molecule has 0 radical (unpaired) electrons. The Morgan fingerprint density at radius 3 is 2.52 bits per heavy atom. The van der Waals surface area contributed by atoms with Crippen LogP contribution in [-0.2, 0) is 7.05 Å². The van der Waals surface area contributed by atoms with Crippen molar-refractivity contribution < 1.29 is 10.0 Å². The predicted molar refractivity (Wildman–Crippen MR) is 101 cm³/mol. The number of rotatable bonds is 4. The molecule has 8 nitrogen and oxygen atoms in total. The normalized spacial score (nSPS) is 11.2. The van der Waals surface area contributed by atoms with Crippen molar-refractivity contribution in [2.45, 2.75) is 6.92 Å². The molecule has 2 aromatic carbocycles. The third-order valence-electron chi connectivity index (χ3n) is 4.12. The van der Waals surface area contributed by atoms with Gasteiger partial charge < -0.3 is 5.11 Å². The summed E-state index contributed by atoms with van der Waals surface area (Å²) in [6, 6.07) is 11.3. The van der Waals surface area contributed by atoms with Crippen molar-refractivity contribution >= 4 is 29.2 Å². The Kier molecular flexibility index (Phi) is 4.83. The molecule has 0 aliphatic rings. The van der Waals surface area contributed by atoms with Crippen LogP contribution in [-0.4, -0.2) is 20.5 Å². The molecule has 0 spiro atoms. The lowest BCUT2D eigenvalue weighted by molar-refractivity contribution is -0.398. The molecular formula is C18H14ClN4O4-. The van der Waals surface area contributed by atoms with Crippen LogP contribution in [0.4, 0.5) is 11.4 Å². The zero-order valence-electron chi connectivity index (χ0n) is 14.4. The molecule has 1 aromatic heterocycles. The zero-order valence-corrected chi connectivity index (χ0v) is 15.2. The number of halogens is 1. The van der Waals surface area contributed by atoms with E-state index >= 15 is 0 Å². The highest BCUT2D eigenvalue weighted by Crippen LogP contribution is 2.30. The van der Waals surface area contributed by atoms with Crippen molar-refractivity contribution in [2.24, 2.45) is 12.0 Å². The molecule has 0 fully saturated rings. The van der Waals surface area contributed by atoms with Crippen LogP contribution in [0.15, 0.2) is 52.3 Å². The van der Waals surface area contributed by atoms with Crippen LogP contribution in [0.5, 0.6) is 5.75 Å². The SMILES string of the molecule is Cc1c(N=Cc2cc(Cl)cc([N+](=O)[O-])c2[O-])c(=O)n(-c2ccccc2)n1C. The van der Waals surface area contributed by atoms with Crippen LogP contribution in [0.1, 0.15) is 11.3 Å².